The van der Waals surface area contributed by atoms with Gasteiger partial charge in [-0.25, -0.2) is 0 Å². The largest absolute Gasteiger partial charge is 0.365 e. The molecule has 3 heteroatoms. The third kappa shape index (κ3) is 2.61. The van der Waals surface area contributed by atoms with Crippen molar-refractivity contribution in [3.05, 3.63) is 24.0 Å². The fourth-order valence-corrected chi connectivity index (χ4v) is 1.33. The lowest BCUT2D eigenvalue weighted by Crippen LogP contribution is -2.31. The van der Waals surface area contributed by atoms with Crippen LogP contribution in [0.2, 0.25) is 0 Å². The summed E-state index contributed by atoms with van der Waals surface area (Å²) < 4.78 is 0. The van der Waals surface area contributed by atoms with Crippen molar-refractivity contribution in [1.29, 1.82) is 0 Å². The van der Waals surface area contributed by atoms with E-state index in [0.29, 0.717) is 6.42 Å². The number of rotatable bonds is 4. The van der Waals surface area contributed by atoms with Crippen LogP contribution in [0.5, 0.6) is 0 Å². The highest BCUT2D eigenvalue weighted by Gasteiger charge is 2.09. The molecule has 1 amide bonds. The second-order valence-corrected chi connectivity index (χ2v) is 2.94. The van der Waals surface area contributed by atoms with Crippen molar-refractivity contribution in [1.82, 2.24) is 9.88 Å². The minimum atomic E-state index is 0.187. The molecule has 0 atom stereocenters. The van der Waals surface area contributed by atoms with E-state index in [-0.39, 0.29) is 5.91 Å². The van der Waals surface area contributed by atoms with Gasteiger partial charge in [0.25, 0.3) is 0 Å². The Hall–Kier alpha value is -1.25. The van der Waals surface area contributed by atoms with Crippen molar-refractivity contribution in [3.63, 3.8) is 0 Å². The number of likely N-dealkylation sites (N-methyl/N-ethyl adjacent to an activating group) is 1. The van der Waals surface area contributed by atoms with Gasteiger partial charge in [0.2, 0.25) is 5.91 Å². The van der Waals surface area contributed by atoms with E-state index in [4.69, 9.17) is 0 Å². The van der Waals surface area contributed by atoms with Gasteiger partial charge < -0.3 is 9.88 Å². The smallest absolute Gasteiger partial charge is 0.228 e. The van der Waals surface area contributed by atoms with Gasteiger partial charge in [0, 0.05) is 25.0 Å². The third-order valence-electron chi connectivity index (χ3n) is 2.12. The number of hydrogen-bond acceptors (Lipinski definition) is 1. The molecule has 1 aromatic heterocycles. The quantitative estimate of drug-likeness (QED) is 0.747. The summed E-state index contributed by atoms with van der Waals surface area (Å²) in [4.78, 5) is 16.4. The molecular formula is C10H16N2O. The van der Waals surface area contributed by atoms with Crippen molar-refractivity contribution in [2.45, 2.75) is 20.3 Å². The molecule has 0 saturated carbocycles. The number of aromatic nitrogens is 1. The number of carbonyl (C=O) groups excluding carboxylic acids is 1. The minimum absolute atomic E-state index is 0.187. The Bertz CT molecular complexity index is 250. The Morgan fingerprint density at radius 3 is 2.62 bits per heavy atom. The van der Waals surface area contributed by atoms with Crippen molar-refractivity contribution >= 4 is 5.91 Å². The molecule has 0 spiro atoms. The standard InChI is InChI=1S/C10H16N2O/c1-3-12(4-2)10(13)8-9-6-5-7-11-9/h5-7,11H,3-4,8H2,1-2H3. The van der Waals surface area contributed by atoms with Gasteiger partial charge in [0.15, 0.2) is 0 Å². The minimum Gasteiger partial charge on any atom is -0.365 e. The van der Waals surface area contributed by atoms with E-state index in [1.165, 1.54) is 0 Å². The molecule has 13 heavy (non-hydrogen) atoms. The Balaban J connectivity index is 2.49. The van der Waals surface area contributed by atoms with Crippen molar-refractivity contribution < 1.29 is 4.79 Å². The van der Waals surface area contributed by atoms with E-state index >= 15 is 0 Å². The predicted octanol–water partition coefficient (Wildman–Crippen LogP) is 1.43. The maximum atomic E-state index is 11.6. The first kappa shape index (κ1) is 9.84. The molecule has 0 aliphatic heterocycles. The molecule has 1 aromatic rings. The summed E-state index contributed by atoms with van der Waals surface area (Å²) in [5.74, 6) is 0.187. The second-order valence-electron chi connectivity index (χ2n) is 2.94. The van der Waals surface area contributed by atoms with Gasteiger partial charge in [0.05, 0.1) is 6.42 Å². The van der Waals surface area contributed by atoms with Crippen LogP contribution in [-0.4, -0.2) is 28.9 Å². The molecule has 0 aliphatic carbocycles. The van der Waals surface area contributed by atoms with E-state index < -0.39 is 0 Å². The molecule has 1 rings (SSSR count). The predicted molar refractivity (Wildman–Crippen MR) is 52.4 cm³/mol. The van der Waals surface area contributed by atoms with Gasteiger partial charge in [-0.05, 0) is 26.0 Å². The maximum Gasteiger partial charge on any atom is 0.228 e. The van der Waals surface area contributed by atoms with Crippen LogP contribution in [0.25, 0.3) is 0 Å². The fraction of sp³-hybridized carbons (Fsp3) is 0.500. The Morgan fingerprint density at radius 2 is 2.15 bits per heavy atom. The topological polar surface area (TPSA) is 36.1 Å². The van der Waals surface area contributed by atoms with Gasteiger partial charge in [0.1, 0.15) is 0 Å². The van der Waals surface area contributed by atoms with Gasteiger partial charge in [-0.1, -0.05) is 0 Å². The van der Waals surface area contributed by atoms with Crippen LogP contribution in [0.15, 0.2) is 18.3 Å². The van der Waals surface area contributed by atoms with Crippen LogP contribution in [0.4, 0.5) is 0 Å². The van der Waals surface area contributed by atoms with Gasteiger partial charge >= 0.3 is 0 Å². The van der Waals surface area contributed by atoms with Crippen LogP contribution in [0.1, 0.15) is 19.5 Å². The number of nitrogens with zero attached hydrogens (tertiary/aromatic N) is 1. The van der Waals surface area contributed by atoms with E-state index in [1.54, 1.807) is 0 Å². The summed E-state index contributed by atoms with van der Waals surface area (Å²) in [6.45, 7) is 5.57. The molecule has 0 unspecified atom stereocenters. The summed E-state index contributed by atoms with van der Waals surface area (Å²) >= 11 is 0. The molecule has 72 valence electrons. The average Bonchev–Trinajstić information content (AvgIpc) is 2.59. The Kier molecular flexibility index (Phi) is 3.55. The molecular weight excluding hydrogens is 164 g/mol. The number of carbonyl (C=O) groups is 1. The Morgan fingerprint density at radius 1 is 1.46 bits per heavy atom. The zero-order valence-electron chi connectivity index (χ0n) is 8.21. The lowest BCUT2D eigenvalue weighted by atomic mass is 10.3. The highest BCUT2D eigenvalue weighted by atomic mass is 16.2. The lowest BCUT2D eigenvalue weighted by Gasteiger charge is -2.17. The van der Waals surface area contributed by atoms with Crippen LogP contribution in [0.3, 0.4) is 0 Å². The first-order valence-corrected chi connectivity index (χ1v) is 4.68. The fourth-order valence-electron chi connectivity index (χ4n) is 1.33. The van der Waals surface area contributed by atoms with Crippen LogP contribution in [-0.2, 0) is 11.2 Å². The summed E-state index contributed by atoms with van der Waals surface area (Å²) in [5.41, 5.74) is 0.983. The first-order valence-electron chi connectivity index (χ1n) is 4.68. The second kappa shape index (κ2) is 4.70. The highest BCUT2D eigenvalue weighted by molar-refractivity contribution is 5.78. The number of amides is 1. The van der Waals surface area contributed by atoms with Gasteiger partial charge in [-0.3, -0.25) is 4.79 Å². The zero-order valence-corrected chi connectivity index (χ0v) is 8.21. The highest BCUT2D eigenvalue weighted by Crippen LogP contribution is 1.99. The molecule has 1 heterocycles. The molecule has 3 nitrogen and oxygen atoms in total. The van der Waals surface area contributed by atoms with Crippen LogP contribution in [0, 0.1) is 0 Å². The summed E-state index contributed by atoms with van der Waals surface area (Å²) in [6, 6.07) is 3.84. The summed E-state index contributed by atoms with van der Waals surface area (Å²) in [6.07, 6.45) is 2.32. The Labute approximate surface area is 78.8 Å². The SMILES string of the molecule is CCN(CC)C(=O)Cc1ccc[nH]1. The molecule has 1 N–H and O–H groups in total. The van der Waals surface area contributed by atoms with Crippen molar-refractivity contribution in [3.8, 4) is 0 Å². The van der Waals surface area contributed by atoms with E-state index in [9.17, 15) is 4.79 Å². The summed E-state index contributed by atoms with van der Waals surface area (Å²) in [7, 11) is 0. The van der Waals surface area contributed by atoms with Crippen molar-refractivity contribution in [2.24, 2.45) is 0 Å². The van der Waals surface area contributed by atoms with E-state index in [2.05, 4.69) is 4.98 Å². The normalized spacial score (nSPS) is 10.0. The number of nitrogens with one attached hydrogen (secondary N) is 1. The maximum absolute atomic E-state index is 11.6. The molecule has 0 saturated heterocycles. The van der Waals surface area contributed by atoms with Gasteiger partial charge in [-0.15, -0.1) is 0 Å². The molecule has 0 fully saturated rings. The van der Waals surface area contributed by atoms with Crippen LogP contribution >= 0.6 is 0 Å². The van der Waals surface area contributed by atoms with E-state index in [1.807, 2.05) is 37.1 Å². The first-order chi connectivity index (χ1) is 6.27. The van der Waals surface area contributed by atoms with Gasteiger partial charge in [-0.2, -0.15) is 0 Å². The average molecular weight is 180 g/mol. The molecule has 0 bridgehead atoms. The van der Waals surface area contributed by atoms with Crippen LogP contribution < -0.4 is 0 Å². The summed E-state index contributed by atoms with van der Waals surface area (Å²) in [5, 5.41) is 0. The molecule has 0 aromatic carbocycles. The lowest BCUT2D eigenvalue weighted by molar-refractivity contribution is -0.130. The van der Waals surface area contributed by atoms with E-state index in [0.717, 1.165) is 18.8 Å². The monoisotopic (exact) mass is 180 g/mol. The van der Waals surface area contributed by atoms with Crippen molar-refractivity contribution in [2.75, 3.05) is 13.1 Å². The number of H-pyrrole nitrogens is 1. The third-order valence-corrected chi connectivity index (χ3v) is 2.12. The zero-order chi connectivity index (χ0) is 9.68. The molecule has 0 aliphatic rings. The number of hydrogen-bond donors (Lipinski definition) is 1. The molecule has 0 radical (unpaired) electrons. The number of aromatic amines is 1.